The highest BCUT2D eigenvalue weighted by Gasteiger charge is 2.53. The maximum absolute atomic E-state index is 12.8. The summed E-state index contributed by atoms with van der Waals surface area (Å²) in [6, 6.07) is 4.09. The third kappa shape index (κ3) is 3.50. The highest BCUT2D eigenvalue weighted by molar-refractivity contribution is 6.31. The van der Waals surface area contributed by atoms with E-state index in [9.17, 15) is 19.2 Å². The largest absolute Gasteiger partial charge is 0.482 e. The van der Waals surface area contributed by atoms with E-state index in [2.05, 4.69) is 17.7 Å². The van der Waals surface area contributed by atoms with Crippen molar-refractivity contribution in [2.75, 3.05) is 18.1 Å². The molecule has 9 nitrogen and oxygen atoms in total. The molecule has 2 fully saturated rings. The van der Waals surface area contributed by atoms with Crippen molar-refractivity contribution in [1.82, 2.24) is 15.8 Å². The Bertz CT molecular complexity index is 897. The fourth-order valence-electron chi connectivity index (χ4n) is 3.97. The number of carbonyl (C=O) groups is 4. The molecule has 0 unspecified atom stereocenters. The SMILES string of the molecule is CC1CCC2(CC1)NC(=O)N(NC(=O)CN1C(=O)COc3ccc(Cl)cc31)C2=O. The molecule has 1 saturated heterocycles. The van der Waals surface area contributed by atoms with E-state index in [1.807, 2.05) is 0 Å². The summed E-state index contributed by atoms with van der Waals surface area (Å²) in [5.41, 5.74) is 1.75. The van der Waals surface area contributed by atoms with Gasteiger partial charge in [0.1, 0.15) is 17.8 Å². The summed E-state index contributed by atoms with van der Waals surface area (Å²) in [6.07, 6.45) is 2.74. The zero-order chi connectivity index (χ0) is 20.8. The maximum Gasteiger partial charge on any atom is 0.344 e. The van der Waals surface area contributed by atoms with E-state index >= 15 is 0 Å². The Hall–Kier alpha value is -2.81. The average Bonchev–Trinajstić information content (AvgIpc) is 2.91. The van der Waals surface area contributed by atoms with Crippen LogP contribution in [0.3, 0.4) is 0 Å². The zero-order valence-electron chi connectivity index (χ0n) is 15.9. The van der Waals surface area contributed by atoms with E-state index in [1.54, 1.807) is 12.1 Å². The van der Waals surface area contributed by atoms with E-state index in [-0.39, 0.29) is 13.2 Å². The molecule has 1 aliphatic carbocycles. The summed E-state index contributed by atoms with van der Waals surface area (Å²) in [5.74, 6) is -0.638. The molecule has 2 aliphatic heterocycles. The van der Waals surface area contributed by atoms with E-state index in [1.165, 1.54) is 11.0 Å². The minimum atomic E-state index is -0.953. The summed E-state index contributed by atoms with van der Waals surface area (Å²) in [6.45, 7) is 1.51. The van der Waals surface area contributed by atoms with Crippen molar-refractivity contribution < 1.29 is 23.9 Å². The Morgan fingerprint density at radius 1 is 1.31 bits per heavy atom. The number of hydrazine groups is 1. The van der Waals surface area contributed by atoms with Crippen LogP contribution in [0.25, 0.3) is 0 Å². The molecule has 1 aromatic carbocycles. The van der Waals surface area contributed by atoms with E-state index in [0.29, 0.717) is 35.2 Å². The second kappa shape index (κ2) is 7.22. The molecule has 154 valence electrons. The highest BCUT2D eigenvalue weighted by Crippen LogP contribution is 2.36. The molecule has 4 rings (SSSR count). The van der Waals surface area contributed by atoms with Crippen molar-refractivity contribution in [3.63, 3.8) is 0 Å². The molecule has 0 bridgehead atoms. The predicted octanol–water partition coefficient (Wildman–Crippen LogP) is 1.60. The summed E-state index contributed by atoms with van der Waals surface area (Å²) >= 11 is 5.99. The Labute approximate surface area is 172 Å². The number of fused-ring (bicyclic) bond motifs is 1. The third-order valence-electron chi connectivity index (χ3n) is 5.69. The quantitative estimate of drug-likeness (QED) is 0.722. The monoisotopic (exact) mass is 420 g/mol. The Morgan fingerprint density at radius 3 is 2.76 bits per heavy atom. The number of nitrogens with one attached hydrogen (secondary N) is 2. The van der Waals surface area contributed by atoms with Gasteiger partial charge in [0.05, 0.1) is 5.69 Å². The number of hydrogen-bond acceptors (Lipinski definition) is 5. The number of anilines is 1. The molecule has 1 spiro atoms. The van der Waals surface area contributed by atoms with Crippen molar-refractivity contribution in [3.8, 4) is 5.75 Å². The molecule has 10 heteroatoms. The minimum absolute atomic E-state index is 0.216. The van der Waals surface area contributed by atoms with Gasteiger partial charge in [0.2, 0.25) is 0 Å². The van der Waals surface area contributed by atoms with Gasteiger partial charge in [0.25, 0.3) is 17.7 Å². The summed E-state index contributed by atoms with van der Waals surface area (Å²) < 4.78 is 5.34. The number of ether oxygens (including phenoxy) is 1. The zero-order valence-corrected chi connectivity index (χ0v) is 16.6. The van der Waals surface area contributed by atoms with E-state index in [4.69, 9.17) is 16.3 Å². The molecule has 2 N–H and O–H groups in total. The smallest absolute Gasteiger partial charge is 0.344 e. The van der Waals surface area contributed by atoms with Crippen molar-refractivity contribution in [2.24, 2.45) is 5.92 Å². The predicted molar refractivity (Wildman–Crippen MR) is 103 cm³/mol. The van der Waals surface area contributed by atoms with Crippen LogP contribution >= 0.6 is 11.6 Å². The van der Waals surface area contributed by atoms with Gasteiger partial charge in [-0.15, -0.1) is 0 Å². The van der Waals surface area contributed by atoms with Gasteiger partial charge in [-0.05, 0) is 49.8 Å². The number of nitrogens with zero attached hydrogens (tertiary/aromatic N) is 2. The van der Waals surface area contributed by atoms with Gasteiger partial charge in [-0.3, -0.25) is 24.7 Å². The van der Waals surface area contributed by atoms with Crippen molar-refractivity contribution >= 4 is 41.0 Å². The van der Waals surface area contributed by atoms with Gasteiger partial charge >= 0.3 is 6.03 Å². The summed E-state index contributed by atoms with van der Waals surface area (Å²) in [7, 11) is 0. The second-order valence-electron chi connectivity index (χ2n) is 7.75. The Kier molecular flexibility index (Phi) is 4.85. The number of halogens is 1. The first-order valence-corrected chi connectivity index (χ1v) is 9.86. The number of hydrogen-bond donors (Lipinski definition) is 2. The fourth-order valence-corrected chi connectivity index (χ4v) is 4.13. The molecule has 0 aromatic heterocycles. The van der Waals surface area contributed by atoms with E-state index in [0.717, 1.165) is 17.9 Å². The first-order valence-electron chi connectivity index (χ1n) is 9.48. The lowest BCUT2D eigenvalue weighted by Crippen LogP contribution is -2.54. The lowest BCUT2D eigenvalue weighted by Gasteiger charge is -2.33. The third-order valence-corrected chi connectivity index (χ3v) is 5.93. The molecule has 1 aromatic rings. The minimum Gasteiger partial charge on any atom is -0.482 e. The van der Waals surface area contributed by atoms with Crippen LogP contribution in [0.4, 0.5) is 10.5 Å². The molecule has 0 radical (unpaired) electrons. The second-order valence-corrected chi connectivity index (χ2v) is 8.19. The molecular formula is C19H21ClN4O5. The van der Waals surface area contributed by atoms with Gasteiger partial charge in [0, 0.05) is 5.02 Å². The normalized spacial score (nSPS) is 26.3. The highest BCUT2D eigenvalue weighted by atomic mass is 35.5. The molecular weight excluding hydrogens is 400 g/mol. The van der Waals surface area contributed by atoms with Gasteiger partial charge in [0.15, 0.2) is 6.61 Å². The van der Waals surface area contributed by atoms with E-state index < -0.39 is 29.3 Å². The number of carbonyl (C=O) groups excluding carboxylic acids is 4. The van der Waals surface area contributed by atoms with Crippen LogP contribution in [-0.4, -0.2) is 47.5 Å². The lowest BCUT2D eigenvalue weighted by molar-refractivity contribution is -0.139. The Balaban J connectivity index is 1.47. The van der Waals surface area contributed by atoms with Crippen LogP contribution < -0.4 is 20.4 Å². The molecule has 0 atom stereocenters. The van der Waals surface area contributed by atoms with Gasteiger partial charge in [-0.25, -0.2) is 4.79 Å². The fraction of sp³-hybridized carbons (Fsp3) is 0.474. The number of benzene rings is 1. The van der Waals surface area contributed by atoms with Crippen LogP contribution in [0.2, 0.25) is 5.02 Å². The summed E-state index contributed by atoms with van der Waals surface area (Å²) in [4.78, 5) is 51.2. The number of rotatable bonds is 3. The molecule has 29 heavy (non-hydrogen) atoms. The van der Waals surface area contributed by atoms with Gasteiger partial charge in [-0.1, -0.05) is 18.5 Å². The average molecular weight is 421 g/mol. The number of imide groups is 1. The topological polar surface area (TPSA) is 108 Å². The van der Waals surface area contributed by atoms with Crippen LogP contribution in [0.5, 0.6) is 5.75 Å². The molecule has 1 saturated carbocycles. The molecule has 2 heterocycles. The molecule has 3 aliphatic rings. The number of urea groups is 1. The van der Waals surface area contributed by atoms with Crippen LogP contribution in [0.15, 0.2) is 18.2 Å². The van der Waals surface area contributed by atoms with Crippen LogP contribution in [-0.2, 0) is 14.4 Å². The molecule has 5 amide bonds. The maximum atomic E-state index is 12.8. The van der Waals surface area contributed by atoms with Crippen molar-refractivity contribution in [3.05, 3.63) is 23.2 Å². The first kappa shape index (κ1) is 19.5. The van der Waals surface area contributed by atoms with Crippen LogP contribution in [0, 0.1) is 5.92 Å². The van der Waals surface area contributed by atoms with Gasteiger partial charge < -0.3 is 10.1 Å². The van der Waals surface area contributed by atoms with Crippen LogP contribution in [0.1, 0.15) is 32.6 Å². The standard InChI is InChI=1S/C19H21ClN4O5/c1-11-4-6-19(7-5-11)17(27)24(18(28)21-19)22-15(25)9-23-13-8-12(20)2-3-14(13)29-10-16(23)26/h2-3,8,11H,4-7,9-10H2,1H3,(H,21,28)(H,22,25). The summed E-state index contributed by atoms with van der Waals surface area (Å²) in [5, 5.41) is 3.84. The van der Waals surface area contributed by atoms with Gasteiger partial charge in [-0.2, -0.15) is 5.01 Å². The first-order chi connectivity index (χ1) is 13.8. The Morgan fingerprint density at radius 2 is 2.03 bits per heavy atom. The lowest BCUT2D eigenvalue weighted by atomic mass is 9.77. The number of amides is 5. The van der Waals surface area contributed by atoms with Crippen molar-refractivity contribution in [1.29, 1.82) is 0 Å². The van der Waals surface area contributed by atoms with Crippen molar-refractivity contribution in [2.45, 2.75) is 38.1 Å².